The predicted molar refractivity (Wildman–Crippen MR) is 106 cm³/mol. The summed E-state index contributed by atoms with van der Waals surface area (Å²) < 4.78 is 5.73. The Morgan fingerprint density at radius 2 is 2.00 bits per heavy atom. The third-order valence-electron chi connectivity index (χ3n) is 5.13. The summed E-state index contributed by atoms with van der Waals surface area (Å²) in [6, 6.07) is 15.5. The van der Waals surface area contributed by atoms with Gasteiger partial charge in [0.25, 0.3) is 5.91 Å². The van der Waals surface area contributed by atoms with Crippen LogP contribution in [-0.4, -0.2) is 22.5 Å². The number of benzene rings is 2. The Morgan fingerprint density at radius 3 is 2.81 bits per heavy atom. The molecule has 0 saturated carbocycles. The van der Waals surface area contributed by atoms with Crippen LogP contribution in [0.4, 0.5) is 0 Å². The summed E-state index contributed by atoms with van der Waals surface area (Å²) in [7, 11) is 0. The zero-order valence-corrected chi connectivity index (χ0v) is 15.5. The molecule has 27 heavy (non-hydrogen) atoms. The number of aromatic amines is 1. The van der Waals surface area contributed by atoms with Crippen LogP contribution in [0.25, 0.3) is 17.1 Å². The molecule has 0 spiro atoms. The molecule has 2 atom stereocenters. The summed E-state index contributed by atoms with van der Waals surface area (Å²) in [5.74, 6) is 1.73. The smallest absolute Gasteiger partial charge is 0.251 e. The number of hydrogen-bond acceptors (Lipinski definition) is 3. The van der Waals surface area contributed by atoms with E-state index in [0.29, 0.717) is 5.57 Å². The third kappa shape index (κ3) is 3.45. The Morgan fingerprint density at radius 1 is 1.22 bits per heavy atom. The van der Waals surface area contributed by atoms with E-state index >= 15 is 0 Å². The van der Waals surface area contributed by atoms with Crippen molar-refractivity contribution in [2.24, 2.45) is 5.92 Å². The molecule has 5 heteroatoms. The maximum Gasteiger partial charge on any atom is 0.251 e. The zero-order chi connectivity index (χ0) is 18.8. The number of nitrogens with one attached hydrogen (secondary N) is 2. The van der Waals surface area contributed by atoms with E-state index in [0.717, 1.165) is 34.6 Å². The number of fused-ring (bicyclic) bond motifs is 2. The minimum atomic E-state index is -0.187. The molecule has 2 N–H and O–H groups in total. The monoisotopic (exact) mass is 361 g/mol. The first kappa shape index (κ1) is 17.3. The SMILES string of the molecule is CCC(C)C(NC(=O)C1=Cc2ccccc2OC1)c1nc2ccccc2[nH]1. The van der Waals surface area contributed by atoms with Gasteiger partial charge in [0.1, 0.15) is 18.2 Å². The van der Waals surface area contributed by atoms with E-state index in [2.05, 4.69) is 24.1 Å². The number of para-hydroxylation sites is 3. The Kier molecular flexibility index (Phi) is 4.67. The van der Waals surface area contributed by atoms with Crippen molar-refractivity contribution >= 4 is 23.0 Å². The number of amides is 1. The topological polar surface area (TPSA) is 67.0 Å². The van der Waals surface area contributed by atoms with Crippen LogP contribution in [-0.2, 0) is 4.79 Å². The van der Waals surface area contributed by atoms with Gasteiger partial charge in [-0.2, -0.15) is 0 Å². The molecular formula is C22H23N3O2. The molecular weight excluding hydrogens is 338 g/mol. The van der Waals surface area contributed by atoms with Gasteiger partial charge in [-0.1, -0.05) is 50.6 Å². The fraction of sp³-hybridized carbons (Fsp3) is 0.273. The second-order valence-corrected chi connectivity index (χ2v) is 6.97. The average Bonchev–Trinajstić information content (AvgIpc) is 3.14. The van der Waals surface area contributed by atoms with Crippen molar-refractivity contribution in [1.29, 1.82) is 0 Å². The van der Waals surface area contributed by atoms with E-state index in [-0.39, 0.29) is 24.5 Å². The molecule has 0 saturated heterocycles. The van der Waals surface area contributed by atoms with Gasteiger partial charge in [-0.25, -0.2) is 4.98 Å². The molecule has 5 nitrogen and oxygen atoms in total. The van der Waals surface area contributed by atoms with Crippen molar-refractivity contribution < 1.29 is 9.53 Å². The largest absolute Gasteiger partial charge is 0.488 e. The summed E-state index contributed by atoms with van der Waals surface area (Å²) in [6.07, 6.45) is 2.83. The number of H-pyrrole nitrogens is 1. The van der Waals surface area contributed by atoms with E-state index in [1.807, 2.05) is 54.6 Å². The van der Waals surface area contributed by atoms with Crippen LogP contribution in [0.15, 0.2) is 54.1 Å². The minimum absolute atomic E-state index is 0.116. The Labute approximate surface area is 158 Å². The highest BCUT2D eigenvalue weighted by Gasteiger charge is 2.26. The normalized spacial score (nSPS) is 15.4. The van der Waals surface area contributed by atoms with Crippen molar-refractivity contribution in [3.8, 4) is 5.75 Å². The molecule has 138 valence electrons. The molecule has 0 fully saturated rings. The lowest BCUT2D eigenvalue weighted by atomic mass is 9.97. The quantitative estimate of drug-likeness (QED) is 0.714. The van der Waals surface area contributed by atoms with Crippen LogP contribution < -0.4 is 10.1 Å². The van der Waals surface area contributed by atoms with Crippen molar-refractivity contribution in [2.45, 2.75) is 26.3 Å². The standard InChI is InChI=1S/C22H23N3O2/c1-3-14(2)20(21-23-17-9-5-6-10-18(17)24-21)25-22(26)16-12-15-8-4-7-11-19(15)27-13-16/h4-12,14,20H,3,13H2,1-2H3,(H,23,24)(H,25,26). The molecule has 0 aliphatic carbocycles. The summed E-state index contributed by atoms with van der Waals surface area (Å²) in [5.41, 5.74) is 3.43. The number of ether oxygens (including phenoxy) is 1. The molecule has 1 amide bonds. The lowest BCUT2D eigenvalue weighted by molar-refractivity contribution is -0.118. The molecule has 1 aliphatic heterocycles. The van der Waals surface area contributed by atoms with Gasteiger partial charge in [0, 0.05) is 5.56 Å². The number of aromatic nitrogens is 2. The fourth-order valence-corrected chi connectivity index (χ4v) is 3.32. The Hall–Kier alpha value is -3.08. The van der Waals surface area contributed by atoms with Crippen LogP contribution >= 0.6 is 0 Å². The van der Waals surface area contributed by atoms with Gasteiger partial charge < -0.3 is 15.0 Å². The second-order valence-electron chi connectivity index (χ2n) is 6.97. The number of imidazole rings is 1. The Bertz CT molecular complexity index is 972. The van der Waals surface area contributed by atoms with Crippen LogP contribution in [0.2, 0.25) is 0 Å². The number of carbonyl (C=O) groups excluding carboxylic acids is 1. The van der Waals surface area contributed by atoms with Gasteiger partial charge in [-0.15, -0.1) is 0 Å². The lowest BCUT2D eigenvalue weighted by Crippen LogP contribution is -2.35. The van der Waals surface area contributed by atoms with Crippen LogP contribution in [0.5, 0.6) is 5.75 Å². The van der Waals surface area contributed by atoms with Gasteiger partial charge in [-0.05, 0) is 30.2 Å². The molecule has 2 heterocycles. The highest BCUT2D eigenvalue weighted by molar-refractivity contribution is 5.99. The van der Waals surface area contributed by atoms with Gasteiger partial charge in [0.05, 0.1) is 22.6 Å². The maximum atomic E-state index is 12.9. The summed E-state index contributed by atoms with van der Waals surface area (Å²) in [4.78, 5) is 21.0. The molecule has 0 radical (unpaired) electrons. The first-order valence-electron chi connectivity index (χ1n) is 9.33. The molecule has 1 aromatic heterocycles. The molecule has 2 aromatic carbocycles. The van der Waals surface area contributed by atoms with Gasteiger partial charge >= 0.3 is 0 Å². The average molecular weight is 361 g/mol. The van der Waals surface area contributed by atoms with E-state index in [9.17, 15) is 4.79 Å². The lowest BCUT2D eigenvalue weighted by Gasteiger charge is -2.24. The van der Waals surface area contributed by atoms with E-state index < -0.39 is 0 Å². The predicted octanol–water partition coefficient (Wildman–Crippen LogP) is 4.24. The minimum Gasteiger partial charge on any atom is -0.488 e. The van der Waals surface area contributed by atoms with Crippen LogP contribution in [0.3, 0.4) is 0 Å². The number of rotatable bonds is 5. The molecule has 4 rings (SSSR count). The highest BCUT2D eigenvalue weighted by atomic mass is 16.5. The number of hydrogen-bond donors (Lipinski definition) is 2. The summed E-state index contributed by atoms with van der Waals surface area (Å²) in [5, 5.41) is 3.16. The van der Waals surface area contributed by atoms with Crippen LogP contribution in [0.1, 0.15) is 37.7 Å². The van der Waals surface area contributed by atoms with E-state index in [1.54, 1.807) is 0 Å². The van der Waals surface area contributed by atoms with Crippen LogP contribution in [0, 0.1) is 5.92 Å². The third-order valence-corrected chi connectivity index (χ3v) is 5.13. The summed E-state index contributed by atoms with van der Waals surface area (Å²) >= 11 is 0. The van der Waals surface area contributed by atoms with E-state index in [4.69, 9.17) is 9.72 Å². The number of carbonyl (C=O) groups is 1. The van der Waals surface area contributed by atoms with Gasteiger partial charge in [0.2, 0.25) is 0 Å². The fourth-order valence-electron chi connectivity index (χ4n) is 3.32. The van der Waals surface area contributed by atoms with E-state index in [1.165, 1.54) is 0 Å². The van der Waals surface area contributed by atoms with Crippen molar-refractivity contribution in [3.05, 3.63) is 65.5 Å². The highest BCUT2D eigenvalue weighted by Crippen LogP contribution is 2.28. The number of nitrogens with zero attached hydrogens (tertiary/aromatic N) is 1. The van der Waals surface area contributed by atoms with Gasteiger partial charge in [-0.3, -0.25) is 4.79 Å². The van der Waals surface area contributed by atoms with Crippen molar-refractivity contribution in [3.63, 3.8) is 0 Å². The van der Waals surface area contributed by atoms with Gasteiger partial charge in [0.15, 0.2) is 0 Å². The molecule has 0 bridgehead atoms. The first-order chi connectivity index (χ1) is 13.2. The molecule has 2 unspecified atom stereocenters. The maximum absolute atomic E-state index is 12.9. The second kappa shape index (κ2) is 7.27. The molecule has 1 aliphatic rings. The molecule has 3 aromatic rings. The summed E-state index contributed by atoms with van der Waals surface area (Å²) in [6.45, 7) is 4.51. The Balaban J connectivity index is 1.61. The van der Waals surface area contributed by atoms with Crippen molar-refractivity contribution in [2.75, 3.05) is 6.61 Å². The zero-order valence-electron chi connectivity index (χ0n) is 15.5. The first-order valence-corrected chi connectivity index (χ1v) is 9.33. The van der Waals surface area contributed by atoms with Crippen molar-refractivity contribution in [1.82, 2.24) is 15.3 Å².